The molecule has 6 aliphatic rings. The fourth-order valence-electron chi connectivity index (χ4n) is 16.9. The van der Waals surface area contributed by atoms with E-state index in [1.54, 1.807) is 61.7 Å². The van der Waals surface area contributed by atoms with Gasteiger partial charge in [0.1, 0.15) is 28.2 Å². The number of rotatable bonds is 11. The number of hydrogen-bond donors (Lipinski definition) is 1. The van der Waals surface area contributed by atoms with Crippen LogP contribution in [-0.4, -0.2) is 124 Å². The first kappa shape index (κ1) is 91.1. The highest BCUT2D eigenvalue weighted by atomic mass is 79.9. The molecule has 0 radical (unpaired) electrons. The third-order valence-corrected chi connectivity index (χ3v) is 31.5. The minimum atomic E-state index is -0.335. The van der Waals surface area contributed by atoms with Crippen molar-refractivity contribution in [3.8, 4) is 45.4 Å². The molecule has 0 aliphatic carbocycles. The maximum absolute atomic E-state index is 12.6. The van der Waals surface area contributed by atoms with Crippen LogP contribution in [0.1, 0.15) is 125 Å². The van der Waals surface area contributed by atoms with E-state index in [1.165, 1.54) is 126 Å². The van der Waals surface area contributed by atoms with E-state index >= 15 is 0 Å². The van der Waals surface area contributed by atoms with Gasteiger partial charge < -0.3 is 65.4 Å². The monoisotopic (exact) mass is 2010 g/mol. The molecule has 6 saturated heterocycles. The molecule has 25 nitrogen and oxygen atoms in total. The highest BCUT2D eigenvalue weighted by molar-refractivity contribution is 9.11. The molecule has 6 aliphatic heterocycles. The summed E-state index contributed by atoms with van der Waals surface area (Å²) in [5.74, 6) is 9.96. The average Bonchev–Trinajstić information content (AvgIpc) is 1.63. The van der Waals surface area contributed by atoms with Gasteiger partial charge in [-0.25, -0.2) is 4.79 Å². The third kappa shape index (κ3) is 20.7. The highest BCUT2D eigenvalue weighted by Crippen LogP contribution is 2.41. The summed E-state index contributed by atoms with van der Waals surface area (Å²) in [6, 6.07) is 34.8. The Morgan fingerprint density at radius 2 is 0.780 bits per heavy atom. The van der Waals surface area contributed by atoms with E-state index < -0.39 is 0 Å². The number of morpholine rings is 1. The second-order valence-electron chi connectivity index (χ2n) is 32.7. The Bertz CT molecular complexity index is 7290. The molecule has 0 unspecified atom stereocenters. The van der Waals surface area contributed by atoms with Crippen LogP contribution in [0.15, 0.2) is 224 Å². The Kier molecular flexibility index (Phi) is 29.1. The summed E-state index contributed by atoms with van der Waals surface area (Å²) in [5.41, 5.74) is 13.0. The molecule has 14 aromatic heterocycles. The number of halogens is 2. The Morgan fingerprint density at radius 3 is 1.21 bits per heavy atom. The minimum Gasteiger partial charge on any atom is -0.462 e. The first-order chi connectivity index (χ1) is 64.5. The summed E-state index contributed by atoms with van der Waals surface area (Å²) in [5, 5.41) is 23.9. The molecular weight excluding hydrogens is 1920 g/mol. The predicted octanol–water partition coefficient (Wildman–Crippen LogP) is 22.6. The molecule has 0 saturated carbocycles. The zero-order valence-corrected chi connectivity index (χ0v) is 80.7. The van der Waals surface area contributed by atoms with Gasteiger partial charge in [-0.05, 0) is 183 Å². The number of piperidine rings is 5. The molecule has 6 fully saturated rings. The maximum atomic E-state index is 12.6. The van der Waals surface area contributed by atoms with Crippen LogP contribution >= 0.6 is 99.9 Å². The SMILES string of the molecule is CCOC(=O)c1ccc(-c2csc3c(=O)cc(N4CCCCC4)oc23)cc1.Cn1ncc2ccc(-c3csc4c(=O)cc(N5CCCCC5)oc34)cc21.O=c1cc(N2CCCCC2)oc2c(-c3ccn[nH]3)csc12.O=c1cc(N2CCCCC2)oc2c(Br)csc12.O=c1cc(N2CCCCC2)oc2c(Br)csc12.O=c1cc(N2CCOCC2)oc2c(C#Cc3ccccc3)csc12. The van der Waals surface area contributed by atoms with E-state index in [9.17, 15) is 33.6 Å². The van der Waals surface area contributed by atoms with Crippen molar-refractivity contribution in [3.63, 3.8) is 0 Å². The van der Waals surface area contributed by atoms with Crippen LogP contribution < -0.4 is 62.0 Å². The molecule has 680 valence electrons. The van der Waals surface area contributed by atoms with Crippen LogP contribution in [0, 0.1) is 11.8 Å². The van der Waals surface area contributed by atoms with E-state index in [0.717, 1.165) is 182 Å². The van der Waals surface area contributed by atoms with Gasteiger partial charge in [0.25, 0.3) is 0 Å². The number of aromatic nitrogens is 4. The summed E-state index contributed by atoms with van der Waals surface area (Å²) >= 11 is 15.3. The average molecular weight is 2020 g/mol. The second-order valence-corrected chi connectivity index (χ2v) is 39.7. The second kappa shape index (κ2) is 42.2. The van der Waals surface area contributed by atoms with E-state index in [4.69, 9.17) is 36.0 Å². The summed E-state index contributed by atoms with van der Waals surface area (Å²) in [6.07, 6.45) is 21.3. The van der Waals surface area contributed by atoms with Crippen molar-refractivity contribution < 1.29 is 40.8 Å². The molecule has 0 amide bonds. The van der Waals surface area contributed by atoms with Crippen LogP contribution in [0.25, 0.3) is 106 Å². The lowest BCUT2D eigenvalue weighted by molar-refractivity contribution is 0.0526. The number of anilines is 6. The molecule has 17 aromatic rings. The van der Waals surface area contributed by atoms with Crippen LogP contribution in [0.5, 0.6) is 0 Å². The van der Waals surface area contributed by atoms with Crippen molar-refractivity contribution >= 4 is 214 Å². The van der Waals surface area contributed by atoms with Crippen molar-refractivity contribution in [2.75, 3.05) is 128 Å². The Balaban J connectivity index is 0.000000107. The van der Waals surface area contributed by atoms with E-state index in [2.05, 4.69) is 102 Å². The predicted molar refractivity (Wildman–Crippen MR) is 542 cm³/mol. The Morgan fingerprint density at radius 1 is 0.409 bits per heavy atom. The van der Waals surface area contributed by atoms with Gasteiger partial charge in [0.2, 0.25) is 32.6 Å². The van der Waals surface area contributed by atoms with Gasteiger partial charge in [-0.1, -0.05) is 54.3 Å². The first-order valence-electron chi connectivity index (χ1n) is 44.5. The lowest BCUT2D eigenvalue weighted by Gasteiger charge is -2.26. The van der Waals surface area contributed by atoms with Gasteiger partial charge >= 0.3 is 5.97 Å². The standard InChI is InChI=1S/C21H21NO4S.C20H19N3O2S.C19H15NO3S.C15H15N3O2S.2C12H12BrNO2S/c1-2-25-21(24)15-8-6-14(7-9-15)16-13-27-20-17(23)12-18(26-19(16)20)22-10-4-3-5-11-22;1-22-16-9-13(5-6-14(16)11-21-22)15-12-26-20-17(24)10-18(25-19(15)20)23-7-3-2-4-8-23;21-16-12-17(20-8-10-22-11-9-20)23-18-15(13-24-19(16)18)7-6-14-4-2-1-3-5-14;19-12-8-13(18-6-2-1-3-7-18)20-14-10(9-21-15(12)14)11-4-5-16-17-11;2*13-8-7-17-12-9(15)6-10(16-11(8)12)14-4-2-1-3-5-14/h6-9,12-13H,2-5,10-11H2,1H3;5-6,9-12H,2-4,7-8H2,1H3;1-5,12-13H,8-11H2;4-5,8-9H,1-3,6-7H2,(H,16,17);2*6-7H,1-5H2. The minimum absolute atomic E-state index is 0.00350. The molecule has 20 heterocycles. The number of ether oxygens (including phenoxy) is 2. The molecule has 33 heteroatoms. The molecule has 23 rings (SSSR count). The van der Waals surface area contributed by atoms with E-state index in [0.29, 0.717) is 122 Å². The number of carbonyl (C=O) groups excluding carboxylic acids is 1. The highest BCUT2D eigenvalue weighted by Gasteiger charge is 2.27. The molecule has 0 bridgehead atoms. The summed E-state index contributed by atoms with van der Waals surface area (Å²) in [7, 11) is 1.94. The van der Waals surface area contributed by atoms with Crippen molar-refractivity contribution in [2.45, 2.75) is 103 Å². The molecule has 3 aromatic carbocycles. The fraction of sp³-hybridized carbons (Fsp3) is 0.323. The van der Waals surface area contributed by atoms with Crippen molar-refractivity contribution in [1.29, 1.82) is 0 Å². The fourth-order valence-corrected chi connectivity index (χ4v) is 23.3. The number of carbonyl (C=O) groups is 1. The molecule has 0 spiro atoms. The van der Waals surface area contributed by atoms with E-state index in [1.807, 2.05) is 104 Å². The van der Waals surface area contributed by atoms with Crippen molar-refractivity contribution in [3.05, 3.63) is 247 Å². The van der Waals surface area contributed by atoms with Crippen LogP contribution in [0.2, 0.25) is 0 Å². The zero-order valence-electron chi connectivity index (χ0n) is 72.7. The largest absolute Gasteiger partial charge is 0.462 e. The van der Waals surface area contributed by atoms with Gasteiger partial charge in [0.05, 0.1) is 62.9 Å². The number of nitrogens with zero attached hydrogens (tertiary/aromatic N) is 9. The van der Waals surface area contributed by atoms with Gasteiger partial charge in [-0.3, -0.25) is 38.5 Å². The molecule has 1 N–H and O–H groups in total. The number of thiophene rings is 6. The molecule has 0 atom stereocenters. The van der Waals surface area contributed by atoms with Crippen LogP contribution in [0.3, 0.4) is 0 Å². The number of aryl methyl sites for hydroxylation is 1. The van der Waals surface area contributed by atoms with Gasteiger partial charge in [0, 0.05) is 183 Å². The third-order valence-electron chi connectivity index (χ3n) is 23.8. The molecular formula is C99H94Br2N10O15S6. The lowest BCUT2D eigenvalue weighted by Crippen LogP contribution is -2.36. The lowest BCUT2D eigenvalue weighted by atomic mass is 10.1. The quantitative estimate of drug-likeness (QED) is 0.0930. The smallest absolute Gasteiger partial charge is 0.338 e. The summed E-state index contributed by atoms with van der Waals surface area (Å²) in [6.45, 7) is 14.5. The summed E-state index contributed by atoms with van der Waals surface area (Å²) < 4.78 is 54.1. The van der Waals surface area contributed by atoms with Gasteiger partial charge in [-0.2, -0.15) is 10.2 Å². The van der Waals surface area contributed by atoms with E-state index in [-0.39, 0.29) is 38.5 Å². The number of esters is 1. The van der Waals surface area contributed by atoms with Crippen LogP contribution in [0.4, 0.5) is 35.3 Å². The number of benzene rings is 3. The van der Waals surface area contributed by atoms with Crippen molar-refractivity contribution in [2.24, 2.45) is 7.05 Å². The number of aromatic amines is 1. The van der Waals surface area contributed by atoms with Crippen molar-refractivity contribution in [1.82, 2.24) is 20.0 Å². The van der Waals surface area contributed by atoms with Gasteiger partial charge in [-0.15, -0.1) is 68.0 Å². The number of fused-ring (bicyclic) bond motifs is 7. The summed E-state index contributed by atoms with van der Waals surface area (Å²) in [4.78, 5) is 98.5. The Hall–Kier alpha value is -11.5. The first-order valence-corrected chi connectivity index (χ1v) is 51.4. The topological polar surface area (TPSA) is 283 Å². The van der Waals surface area contributed by atoms with Gasteiger partial charge in [0.15, 0.2) is 68.8 Å². The molecule has 132 heavy (non-hydrogen) atoms. The zero-order chi connectivity index (χ0) is 90.7. The maximum Gasteiger partial charge on any atom is 0.338 e. The normalized spacial score (nSPS) is 15.4. The number of H-pyrrole nitrogens is 1. The number of hydrogen-bond acceptors (Lipinski definition) is 29. The Labute approximate surface area is 798 Å². The van der Waals surface area contributed by atoms with Crippen LogP contribution in [-0.2, 0) is 16.5 Å². The number of nitrogens with one attached hydrogen (secondary N) is 1.